The molecule has 1 saturated heterocycles. The number of hydrogen-bond donors (Lipinski definition) is 3. The second-order valence-corrected chi connectivity index (χ2v) is 11.5. The van der Waals surface area contributed by atoms with Gasteiger partial charge in [0.15, 0.2) is 5.13 Å². The number of nitrogens with zero attached hydrogens (tertiary/aromatic N) is 2. The quantitative estimate of drug-likeness (QED) is 0.371. The number of hydrogen-bond acceptors (Lipinski definition) is 7. The number of nitrogens with one attached hydrogen (secondary N) is 2. The Hall–Kier alpha value is -2.98. The highest BCUT2D eigenvalue weighted by molar-refractivity contribution is 7.14. The van der Waals surface area contributed by atoms with Crippen LogP contribution in [0.5, 0.6) is 0 Å². The second kappa shape index (κ2) is 11.8. The van der Waals surface area contributed by atoms with Crippen LogP contribution in [0, 0.1) is 0 Å². The van der Waals surface area contributed by atoms with Gasteiger partial charge in [0.2, 0.25) is 5.91 Å². The van der Waals surface area contributed by atoms with Crippen LogP contribution in [0.15, 0.2) is 47.8 Å². The van der Waals surface area contributed by atoms with E-state index >= 15 is 0 Å². The van der Waals surface area contributed by atoms with Gasteiger partial charge in [-0.25, -0.2) is 4.98 Å². The normalized spacial score (nSPS) is 17.8. The van der Waals surface area contributed by atoms with Gasteiger partial charge in [0.25, 0.3) is 5.91 Å². The summed E-state index contributed by atoms with van der Waals surface area (Å²) >= 11 is 7.59. The number of thiazole rings is 1. The van der Waals surface area contributed by atoms with Crippen LogP contribution in [0.3, 0.4) is 0 Å². The van der Waals surface area contributed by atoms with Crippen molar-refractivity contribution in [1.29, 1.82) is 0 Å². The zero-order valence-corrected chi connectivity index (χ0v) is 23.5. The van der Waals surface area contributed by atoms with E-state index in [9.17, 15) is 14.7 Å². The van der Waals surface area contributed by atoms with Crippen LogP contribution in [0.25, 0.3) is 11.3 Å². The molecule has 0 saturated carbocycles. The van der Waals surface area contributed by atoms with Crippen LogP contribution < -0.4 is 15.5 Å². The third kappa shape index (κ3) is 6.71. The number of halogens is 1. The lowest BCUT2D eigenvalue weighted by Gasteiger charge is -2.37. The molecule has 0 spiro atoms. The number of ether oxygens (including phenoxy) is 1. The number of carbonyl (C=O) groups is 2. The fourth-order valence-corrected chi connectivity index (χ4v) is 5.52. The molecule has 0 aliphatic carbocycles. The first kappa shape index (κ1) is 28.0. The summed E-state index contributed by atoms with van der Waals surface area (Å²) in [6.45, 7) is 9.16. The number of aliphatic hydroxyl groups excluding tert-OH is 1. The number of rotatable bonds is 8. The van der Waals surface area contributed by atoms with Crippen LogP contribution >= 0.6 is 22.9 Å². The second-order valence-electron chi connectivity index (χ2n) is 10.2. The lowest BCUT2D eigenvalue weighted by Crippen LogP contribution is -2.45. The maximum absolute atomic E-state index is 12.7. The molecule has 0 unspecified atom stereocenters. The number of benzene rings is 2. The molecule has 10 heteroatoms. The van der Waals surface area contributed by atoms with Crippen molar-refractivity contribution < 1.29 is 19.4 Å². The number of aliphatic hydroxyl groups is 1. The highest BCUT2D eigenvalue weighted by Gasteiger charge is 2.24. The third-order valence-electron chi connectivity index (χ3n) is 6.44. The van der Waals surface area contributed by atoms with E-state index in [0.717, 1.165) is 30.0 Å². The summed E-state index contributed by atoms with van der Waals surface area (Å²) in [4.78, 5) is 32.0. The van der Waals surface area contributed by atoms with Crippen molar-refractivity contribution in [1.82, 2.24) is 10.3 Å². The highest BCUT2D eigenvalue weighted by atomic mass is 35.5. The van der Waals surface area contributed by atoms with Crippen molar-refractivity contribution in [2.75, 3.05) is 36.5 Å². The van der Waals surface area contributed by atoms with Gasteiger partial charge in [0.1, 0.15) is 0 Å². The third-order valence-corrected chi connectivity index (χ3v) is 7.53. The van der Waals surface area contributed by atoms with Crippen molar-refractivity contribution in [3.63, 3.8) is 0 Å². The topological polar surface area (TPSA) is 104 Å². The number of carbonyl (C=O) groups excluding carboxylic acids is 2. The average Bonchev–Trinajstić information content (AvgIpc) is 3.35. The molecule has 1 aromatic heterocycles. The van der Waals surface area contributed by atoms with Gasteiger partial charge in [0, 0.05) is 45.7 Å². The minimum absolute atomic E-state index is 0.119. The maximum Gasteiger partial charge on any atom is 0.251 e. The predicted octanol–water partition coefficient (Wildman–Crippen LogP) is 4.72. The largest absolute Gasteiger partial charge is 0.395 e. The summed E-state index contributed by atoms with van der Waals surface area (Å²) in [6, 6.07) is 13.0. The van der Waals surface area contributed by atoms with Crippen molar-refractivity contribution in [3.05, 3.63) is 64.0 Å². The molecule has 3 N–H and O–H groups in total. The van der Waals surface area contributed by atoms with Crippen molar-refractivity contribution in [2.24, 2.45) is 0 Å². The molecule has 2 atom stereocenters. The fourth-order valence-electron chi connectivity index (χ4n) is 4.41. The van der Waals surface area contributed by atoms with E-state index in [2.05, 4.69) is 46.5 Å². The van der Waals surface area contributed by atoms with Crippen LogP contribution in [0.2, 0.25) is 5.02 Å². The molecular formula is C28H33ClN4O4S. The lowest BCUT2D eigenvalue weighted by atomic mass is 9.84. The Kier molecular flexibility index (Phi) is 8.72. The fraction of sp³-hybridized carbons (Fsp3) is 0.393. The zero-order chi connectivity index (χ0) is 27.4. The Morgan fingerprint density at radius 2 is 1.92 bits per heavy atom. The first-order chi connectivity index (χ1) is 18.1. The standard InChI is InChI=1S/C28H33ClN4O4S/c1-17-13-33(14-18(2)37-17)21-7-5-6-19(10-21)24-15-38-27(31-24)32-25(35)12-30-26(36)20-8-9-23(29)22(11-20)28(3,4)16-34/h5-11,15,17-18,34H,12-14,16H2,1-4H3,(H,30,36)(H,31,32,35)/t17-,18+. The van der Waals surface area contributed by atoms with Crippen LogP contribution in [0.4, 0.5) is 10.8 Å². The van der Waals surface area contributed by atoms with Crippen LogP contribution in [-0.4, -0.2) is 60.4 Å². The molecule has 2 aromatic carbocycles. The summed E-state index contributed by atoms with van der Waals surface area (Å²) in [5, 5.41) is 17.9. The molecule has 1 aliphatic rings. The van der Waals surface area contributed by atoms with Crippen molar-refractivity contribution in [3.8, 4) is 11.3 Å². The number of anilines is 2. The summed E-state index contributed by atoms with van der Waals surface area (Å²) in [6.07, 6.45) is 0.330. The first-order valence-corrected chi connectivity index (χ1v) is 13.8. The molecular weight excluding hydrogens is 524 g/mol. The van der Waals surface area contributed by atoms with Crippen LogP contribution in [0.1, 0.15) is 43.6 Å². The van der Waals surface area contributed by atoms with Crippen molar-refractivity contribution in [2.45, 2.75) is 45.3 Å². The summed E-state index contributed by atoms with van der Waals surface area (Å²) in [5.74, 6) is -0.788. The molecule has 2 heterocycles. The molecule has 0 radical (unpaired) electrons. The van der Waals surface area contributed by atoms with Gasteiger partial charge < -0.3 is 25.4 Å². The molecule has 38 heavy (non-hydrogen) atoms. The average molecular weight is 557 g/mol. The SMILES string of the molecule is C[C@@H]1CN(c2cccc(-c3csc(NC(=O)CNC(=O)c4ccc(Cl)c(C(C)(C)CO)c4)n3)c2)C[C@H](C)O1. The molecule has 1 fully saturated rings. The van der Waals surface area contributed by atoms with Crippen molar-refractivity contribution >= 4 is 45.6 Å². The zero-order valence-electron chi connectivity index (χ0n) is 22.0. The molecule has 0 bridgehead atoms. The van der Waals surface area contributed by atoms with Gasteiger partial charge in [-0.2, -0.15) is 0 Å². The summed E-state index contributed by atoms with van der Waals surface area (Å²) in [5.41, 5.74) is 3.26. The molecule has 8 nitrogen and oxygen atoms in total. The van der Waals surface area contributed by atoms with Gasteiger partial charge in [0.05, 0.1) is 31.1 Å². The summed E-state index contributed by atoms with van der Waals surface area (Å²) in [7, 11) is 0. The van der Waals surface area contributed by atoms with E-state index in [1.807, 2.05) is 31.4 Å². The lowest BCUT2D eigenvalue weighted by molar-refractivity contribution is -0.115. The number of aromatic nitrogens is 1. The Bertz CT molecular complexity index is 1300. The smallest absolute Gasteiger partial charge is 0.251 e. The Morgan fingerprint density at radius 3 is 2.63 bits per heavy atom. The molecule has 3 aromatic rings. The summed E-state index contributed by atoms with van der Waals surface area (Å²) < 4.78 is 5.85. The maximum atomic E-state index is 12.7. The van der Waals surface area contributed by atoms with Gasteiger partial charge in [-0.1, -0.05) is 37.6 Å². The van der Waals surface area contributed by atoms with Crippen LogP contribution in [-0.2, 0) is 14.9 Å². The highest BCUT2D eigenvalue weighted by Crippen LogP contribution is 2.31. The van der Waals surface area contributed by atoms with E-state index in [0.29, 0.717) is 21.3 Å². The van der Waals surface area contributed by atoms with Gasteiger partial charge >= 0.3 is 0 Å². The minimum atomic E-state index is -0.605. The Morgan fingerprint density at radius 1 is 1.18 bits per heavy atom. The van der Waals surface area contributed by atoms with E-state index in [1.165, 1.54) is 11.3 Å². The van der Waals surface area contributed by atoms with E-state index < -0.39 is 11.3 Å². The van der Waals surface area contributed by atoms with E-state index in [4.69, 9.17) is 16.3 Å². The minimum Gasteiger partial charge on any atom is -0.395 e. The Labute approximate surface area is 232 Å². The van der Waals surface area contributed by atoms with E-state index in [1.54, 1.807) is 18.2 Å². The van der Waals surface area contributed by atoms with Gasteiger partial charge in [-0.15, -0.1) is 11.3 Å². The number of amides is 2. The van der Waals surface area contributed by atoms with E-state index in [-0.39, 0.29) is 31.3 Å². The molecule has 2 amide bonds. The molecule has 202 valence electrons. The number of morpholine rings is 1. The monoisotopic (exact) mass is 556 g/mol. The van der Waals surface area contributed by atoms with Gasteiger partial charge in [-0.3, -0.25) is 9.59 Å². The molecule has 1 aliphatic heterocycles. The predicted molar refractivity (Wildman–Crippen MR) is 152 cm³/mol. The Balaban J connectivity index is 1.36. The molecule has 4 rings (SSSR count). The van der Waals surface area contributed by atoms with Gasteiger partial charge in [-0.05, 0) is 49.7 Å². The first-order valence-electron chi connectivity index (χ1n) is 12.5.